The van der Waals surface area contributed by atoms with Gasteiger partial charge in [0.1, 0.15) is 0 Å². The highest BCUT2D eigenvalue weighted by Gasteiger charge is 1.74. The van der Waals surface area contributed by atoms with Crippen molar-refractivity contribution in [2.24, 2.45) is 0 Å². The van der Waals surface area contributed by atoms with E-state index in [0.29, 0.717) is 13.0 Å². The molecule has 0 saturated carbocycles. The van der Waals surface area contributed by atoms with Gasteiger partial charge in [-0.05, 0) is 7.05 Å². The van der Waals surface area contributed by atoms with Gasteiger partial charge in [-0.15, -0.1) is 0 Å². The van der Waals surface area contributed by atoms with Gasteiger partial charge >= 0.3 is 0 Å². The minimum atomic E-state index is 0.692. The van der Waals surface area contributed by atoms with E-state index < -0.39 is 0 Å². The molecule has 0 rings (SSSR count). The molecule has 0 radical (unpaired) electrons. The van der Waals surface area contributed by atoms with Gasteiger partial charge < -0.3 is 10.6 Å². The van der Waals surface area contributed by atoms with Crippen molar-refractivity contribution >= 4 is 6.41 Å². The Kier molecular flexibility index (Phi) is 52.2. The van der Waals surface area contributed by atoms with Crippen LogP contribution in [0.5, 0.6) is 0 Å². The summed E-state index contributed by atoms with van der Waals surface area (Å²) >= 11 is 0. The molecule has 0 aromatic heterocycles. The predicted octanol–water partition coefficient (Wildman–Crippen LogP) is 1.00. The molecular weight excluding hydrogens is 140 g/mol. The van der Waals surface area contributed by atoms with Gasteiger partial charge in [0.2, 0.25) is 6.41 Å². The summed E-state index contributed by atoms with van der Waals surface area (Å²) < 4.78 is 0. The summed E-state index contributed by atoms with van der Waals surface area (Å²) in [6.07, 6.45) is 0.692. The maximum atomic E-state index is 9.54. The second kappa shape index (κ2) is 34.1. The third-order valence-corrected chi connectivity index (χ3v) is 0.603. The van der Waals surface area contributed by atoms with E-state index in [4.69, 9.17) is 0 Å². The topological polar surface area (TPSA) is 41.1 Å². The number of nitrogens with one attached hydrogen (secondary N) is 2. The number of hydrogen-bond acceptors (Lipinski definition) is 2. The summed E-state index contributed by atoms with van der Waals surface area (Å²) in [5, 5.41) is 5.39. The van der Waals surface area contributed by atoms with E-state index in [-0.39, 0.29) is 0 Å². The van der Waals surface area contributed by atoms with Gasteiger partial charge in [-0.2, -0.15) is 0 Å². The zero-order valence-electron chi connectivity index (χ0n) is 8.40. The van der Waals surface area contributed by atoms with Gasteiger partial charge in [-0.3, -0.25) is 4.79 Å². The molecule has 0 aliphatic heterocycles. The van der Waals surface area contributed by atoms with Gasteiger partial charge in [0.15, 0.2) is 0 Å². The molecule has 0 spiro atoms. The minimum Gasteiger partial charge on any atom is -0.357 e. The maximum absolute atomic E-state index is 9.54. The van der Waals surface area contributed by atoms with Gasteiger partial charge in [0.05, 0.1) is 0 Å². The lowest BCUT2D eigenvalue weighted by Crippen LogP contribution is -2.23. The van der Waals surface area contributed by atoms with Crippen molar-refractivity contribution in [3.63, 3.8) is 0 Å². The first-order chi connectivity index (χ1) is 5.41. The molecule has 11 heavy (non-hydrogen) atoms. The van der Waals surface area contributed by atoms with E-state index in [1.807, 2.05) is 34.7 Å². The fourth-order valence-corrected chi connectivity index (χ4v) is 0.256. The predicted molar refractivity (Wildman–Crippen MR) is 50.7 cm³/mol. The summed E-state index contributed by atoms with van der Waals surface area (Å²) in [7, 11) is 1.84. The highest BCUT2D eigenvalue weighted by molar-refractivity contribution is 5.45. The van der Waals surface area contributed by atoms with Gasteiger partial charge in [-0.25, -0.2) is 0 Å². The average Bonchev–Trinajstić information content (AvgIpc) is 2.13. The third kappa shape index (κ3) is 44.2. The summed E-state index contributed by atoms with van der Waals surface area (Å²) in [5.41, 5.74) is 0. The van der Waals surface area contributed by atoms with Crippen molar-refractivity contribution in [1.82, 2.24) is 10.6 Å². The molecule has 2 N–H and O–H groups in total. The van der Waals surface area contributed by atoms with E-state index in [2.05, 4.69) is 10.6 Å². The third-order valence-electron chi connectivity index (χ3n) is 0.603. The van der Waals surface area contributed by atoms with Gasteiger partial charge in [0, 0.05) is 13.1 Å². The Morgan fingerprint density at radius 2 is 1.55 bits per heavy atom. The Morgan fingerprint density at radius 3 is 1.82 bits per heavy atom. The SMILES string of the molecule is CC.CC.CNCCNC=O. The molecule has 0 saturated heterocycles. The van der Waals surface area contributed by atoms with Crippen molar-refractivity contribution < 1.29 is 4.79 Å². The van der Waals surface area contributed by atoms with E-state index in [0.717, 1.165) is 6.54 Å². The Hall–Kier alpha value is -0.570. The van der Waals surface area contributed by atoms with Crippen LogP contribution in [0.2, 0.25) is 0 Å². The van der Waals surface area contributed by atoms with E-state index in [1.54, 1.807) is 0 Å². The number of likely N-dealkylation sites (N-methyl/N-ethyl adjacent to an activating group) is 1. The number of carbonyl (C=O) groups is 1. The quantitative estimate of drug-likeness (QED) is 0.478. The molecule has 0 fully saturated rings. The van der Waals surface area contributed by atoms with Crippen molar-refractivity contribution in [3.8, 4) is 0 Å². The lowest BCUT2D eigenvalue weighted by atomic mass is 10.6. The van der Waals surface area contributed by atoms with Gasteiger partial charge in [0.25, 0.3) is 0 Å². The molecule has 0 bridgehead atoms. The van der Waals surface area contributed by atoms with Crippen LogP contribution in [0, 0.1) is 0 Å². The van der Waals surface area contributed by atoms with Crippen LogP contribution in [0.1, 0.15) is 27.7 Å². The number of rotatable bonds is 4. The molecule has 1 amide bonds. The number of amides is 1. The zero-order chi connectivity index (χ0) is 9.54. The zero-order valence-corrected chi connectivity index (χ0v) is 8.40. The second-order valence-corrected chi connectivity index (χ2v) is 1.18. The normalized spacial score (nSPS) is 6.27. The molecule has 3 nitrogen and oxygen atoms in total. The Bertz CT molecular complexity index is 49.4. The summed E-state index contributed by atoms with van der Waals surface area (Å²) in [6, 6.07) is 0. The van der Waals surface area contributed by atoms with Crippen LogP contribution in [0.15, 0.2) is 0 Å². The highest BCUT2D eigenvalue weighted by Crippen LogP contribution is 1.46. The monoisotopic (exact) mass is 162 g/mol. The fraction of sp³-hybridized carbons (Fsp3) is 0.875. The van der Waals surface area contributed by atoms with Crippen LogP contribution in [-0.2, 0) is 4.79 Å². The summed E-state index contributed by atoms with van der Waals surface area (Å²) in [4.78, 5) is 9.54. The first-order valence-electron chi connectivity index (χ1n) is 4.23. The first kappa shape index (κ1) is 16.8. The Morgan fingerprint density at radius 1 is 1.09 bits per heavy atom. The van der Waals surface area contributed by atoms with E-state index in [9.17, 15) is 4.79 Å². The fourth-order valence-electron chi connectivity index (χ4n) is 0.256. The molecule has 3 heteroatoms. The summed E-state index contributed by atoms with van der Waals surface area (Å²) in [5.74, 6) is 0. The molecular formula is C8H22N2O. The van der Waals surface area contributed by atoms with Crippen LogP contribution in [0.4, 0.5) is 0 Å². The van der Waals surface area contributed by atoms with Gasteiger partial charge in [-0.1, -0.05) is 27.7 Å². The van der Waals surface area contributed by atoms with Crippen molar-refractivity contribution in [1.29, 1.82) is 0 Å². The Balaban J connectivity index is -0.000000138. The molecule has 70 valence electrons. The second-order valence-electron chi connectivity index (χ2n) is 1.18. The highest BCUT2D eigenvalue weighted by atomic mass is 16.1. The van der Waals surface area contributed by atoms with E-state index >= 15 is 0 Å². The van der Waals surface area contributed by atoms with Crippen LogP contribution < -0.4 is 10.6 Å². The maximum Gasteiger partial charge on any atom is 0.207 e. The van der Waals surface area contributed by atoms with Crippen molar-refractivity contribution in [3.05, 3.63) is 0 Å². The lowest BCUT2D eigenvalue weighted by molar-refractivity contribution is -0.109. The van der Waals surface area contributed by atoms with Crippen LogP contribution in [0.3, 0.4) is 0 Å². The van der Waals surface area contributed by atoms with Crippen LogP contribution in [-0.4, -0.2) is 26.5 Å². The van der Waals surface area contributed by atoms with Crippen LogP contribution in [0.25, 0.3) is 0 Å². The molecule has 0 heterocycles. The minimum absolute atomic E-state index is 0.692. The number of hydrogen-bond donors (Lipinski definition) is 2. The van der Waals surface area contributed by atoms with Crippen molar-refractivity contribution in [2.75, 3.05) is 20.1 Å². The molecule has 0 aromatic carbocycles. The largest absolute Gasteiger partial charge is 0.357 e. The average molecular weight is 162 g/mol. The lowest BCUT2D eigenvalue weighted by Gasteiger charge is -1.93. The van der Waals surface area contributed by atoms with E-state index in [1.165, 1.54) is 0 Å². The molecule has 0 atom stereocenters. The molecule has 0 aliphatic rings. The van der Waals surface area contributed by atoms with Crippen LogP contribution >= 0.6 is 0 Å². The first-order valence-corrected chi connectivity index (χ1v) is 4.23. The smallest absolute Gasteiger partial charge is 0.207 e. The summed E-state index contributed by atoms with van der Waals surface area (Å²) in [6.45, 7) is 9.54. The molecule has 0 aromatic rings. The number of carbonyl (C=O) groups excluding carboxylic acids is 1. The molecule has 0 unspecified atom stereocenters. The molecule has 0 aliphatic carbocycles. The van der Waals surface area contributed by atoms with Crippen molar-refractivity contribution in [2.45, 2.75) is 27.7 Å². The standard InChI is InChI=1S/C4H10N2O.2C2H6/c1-5-2-3-6-4-7;2*1-2/h4-5H,2-3H2,1H3,(H,6,7);2*1-2H3. The Labute approximate surface area is 70.6 Å².